The summed E-state index contributed by atoms with van der Waals surface area (Å²) in [6.07, 6.45) is 3.54. The maximum absolute atomic E-state index is 11.6. The Labute approximate surface area is 99.6 Å². The number of nitrogens with zero attached hydrogens (tertiary/aromatic N) is 2. The molecule has 0 unspecified atom stereocenters. The molecule has 92 valence electrons. The predicted molar refractivity (Wildman–Crippen MR) is 64.5 cm³/mol. The SMILES string of the molecule is Cc1cccn2cc(CS(=O)(=O)CCO)nc12. The van der Waals surface area contributed by atoms with Crippen molar-refractivity contribution in [3.05, 3.63) is 35.8 Å². The van der Waals surface area contributed by atoms with Gasteiger partial charge in [0, 0.05) is 12.4 Å². The first-order chi connectivity index (χ1) is 8.02. The number of sulfone groups is 1. The van der Waals surface area contributed by atoms with Gasteiger partial charge in [0.1, 0.15) is 5.65 Å². The monoisotopic (exact) mass is 254 g/mol. The van der Waals surface area contributed by atoms with Crippen LogP contribution in [0.5, 0.6) is 0 Å². The van der Waals surface area contributed by atoms with Gasteiger partial charge in [-0.3, -0.25) is 0 Å². The molecule has 17 heavy (non-hydrogen) atoms. The van der Waals surface area contributed by atoms with Crippen LogP contribution in [-0.4, -0.2) is 35.3 Å². The van der Waals surface area contributed by atoms with E-state index >= 15 is 0 Å². The Morgan fingerprint density at radius 2 is 2.24 bits per heavy atom. The van der Waals surface area contributed by atoms with E-state index in [1.54, 1.807) is 10.6 Å². The van der Waals surface area contributed by atoms with E-state index in [9.17, 15) is 8.42 Å². The lowest BCUT2D eigenvalue weighted by Crippen LogP contribution is -2.12. The zero-order chi connectivity index (χ0) is 12.5. The fraction of sp³-hybridized carbons (Fsp3) is 0.364. The van der Waals surface area contributed by atoms with E-state index in [1.807, 2.05) is 25.3 Å². The highest BCUT2D eigenvalue weighted by atomic mass is 32.2. The van der Waals surface area contributed by atoms with Crippen molar-refractivity contribution in [3.8, 4) is 0 Å². The summed E-state index contributed by atoms with van der Waals surface area (Å²) in [5.41, 5.74) is 2.27. The summed E-state index contributed by atoms with van der Waals surface area (Å²) in [7, 11) is -3.27. The van der Waals surface area contributed by atoms with Gasteiger partial charge in [0.25, 0.3) is 0 Å². The molecule has 2 rings (SSSR count). The molecule has 5 nitrogen and oxygen atoms in total. The molecule has 2 heterocycles. The fourth-order valence-corrected chi connectivity index (χ4v) is 2.72. The maximum Gasteiger partial charge on any atom is 0.158 e. The number of hydrogen-bond donors (Lipinski definition) is 1. The van der Waals surface area contributed by atoms with Gasteiger partial charge in [-0.2, -0.15) is 0 Å². The molecule has 0 atom stereocenters. The normalized spacial score (nSPS) is 12.1. The first kappa shape index (κ1) is 12.1. The van der Waals surface area contributed by atoms with Gasteiger partial charge < -0.3 is 9.51 Å². The number of hydrogen-bond acceptors (Lipinski definition) is 4. The molecule has 6 heteroatoms. The minimum absolute atomic E-state index is 0.130. The molecule has 0 aliphatic rings. The van der Waals surface area contributed by atoms with E-state index in [2.05, 4.69) is 4.98 Å². The van der Waals surface area contributed by atoms with Crippen molar-refractivity contribution in [2.75, 3.05) is 12.4 Å². The molecule has 2 aromatic heterocycles. The van der Waals surface area contributed by atoms with Crippen LogP contribution in [0.4, 0.5) is 0 Å². The minimum atomic E-state index is -3.27. The summed E-state index contributed by atoms with van der Waals surface area (Å²) in [5, 5.41) is 8.66. The first-order valence-electron chi connectivity index (χ1n) is 5.26. The molecule has 0 bridgehead atoms. The third-order valence-corrected chi connectivity index (χ3v) is 4.04. The Hall–Kier alpha value is -1.40. The summed E-state index contributed by atoms with van der Waals surface area (Å²) < 4.78 is 24.9. The van der Waals surface area contributed by atoms with Crippen LogP contribution in [0.2, 0.25) is 0 Å². The molecule has 0 saturated carbocycles. The molecule has 0 amide bonds. The van der Waals surface area contributed by atoms with Crippen LogP contribution in [0.25, 0.3) is 5.65 Å². The Balaban J connectivity index is 2.35. The van der Waals surface area contributed by atoms with E-state index in [-0.39, 0.29) is 18.1 Å². The molecule has 2 aromatic rings. The third-order valence-electron chi connectivity index (χ3n) is 2.50. The number of pyridine rings is 1. The standard InChI is InChI=1S/C11H14N2O3S/c1-9-3-2-4-13-7-10(12-11(9)13)8-17(15,16)6-5-14/h2-4,7,14H,5-6,8H2,1H3. The number of aromatic nitrogens is 2. The lowest BCUT2D eigenvalue weighted by Gasteiger charge is -1.97. The predicted octanol–water partition coefficient (Wildman–Crippen LogP) is 0.550. The highest BCUT2D eigenvalue weighted by molar-refractivity contribution is 7.90. The van der Waals surface area contributed by atoms with Crippen LogP contribution in [0, 0.1) is 6.92 Å². The second-order valence-corrected chi connectivity index (χ2v) is 6.15. The summed E-state index contributed by atoms with van der Waals surface area (Å²) in [4.78, 5) is 4.28. The molecule has 0 spiro atoms. The highest BCUT2D eigenvalue weighted by Gasteiger charge is 2.14. The van der Waals surface area contributed by atoms with Crippen molar-refractivity contribution in [2.45, 2.75) is 12.7 Å². The van der Waals surface area contributed by atoms with Gasteiger partial charge >= 0.3 is 0 Å². The second-order valence-electron chi connectivity index (χ2n) is 3.97. The fourth-order valence-electron chi connectivity index (χ4n) is 1.71. The number of aliphatic hydroxyl groups is 1. The third kappa shape index (κ3) is 2.65. The molecular formula is C11H14N2O3S. The second kappa shape index (κ2) is 4.46. The number of imidazole rings is 1. The van der Waals surface area contributed by atoms with Gasteiger partial charge in [-0.1, -0.05) is 6.07 Å². The number of fused-ring (bicyclic) bond motifs is 1. The number of rotatable bonds is 4. The topological polar surface area (TPSA) is 71.7 Å². The summed E-state index contributed by atoms with van der Waals surface area (Å²) in [6, 6.07) is 3.81. The average molecular weight is 254 g/mol. The van der Waals surface area contributed by atoms with Crippen molar-refractivity contribution in [1.29, 1.82) is 0 Å². The average Bonchev–Trinajstić information content (AvgIpc) is 2.60. The van der Waals surface area contributed by atoms with Gasteiger partial charge in [0.2, 0.25) is 0 Å². The minimum Gasteiger partial charge on any atom is -0.395 e. The van der Waals surface area contributed by atoms with E-state index in [4.69, 9.17) is 5.11 Å². The zero-order valence-corrected chi connectivity index (χ0v) is 10.3. The van der Waals surface area contributed by atoms with Crippen molar-refractivity contribution < 1.29 is 13.5 Å². The molecule has 0 aliphatic heterocycles. The Morgan fingerprint density at radius 1 is 1.47 bits per heavy atom. The van der Waals surface area contributed by atoms with Crippen molar-refractivity contribution in [3.63, 3.8) is 0 Å². The highest BCUT2D eigenvalue weighted by Crippen LogP contribution is 2.12. The molecule has 0 aromatic carbocycles. The van der Waals surface area contributed by atoms with Crippen LogP contribution < -0.4 is 0 Å². The van der Waals surface area contributed by atoms with Crippen LogP contribution in [-0.2, 0) is 15.6 Å². The molecule has 1 N–H and O–H groups in total. The van der Waals surface area contributed by atoms with E-state index < -0.39 is 9.84 Å². The summed E-state index contributed by atoms with van der Waals surface area (Å²) in [5.74, 6) is -0.353. The quantitative estimate of drug-likeness (QED) is 0.865. The molecule has 0 saturated heterocycles. The van der Waals surface area contributed by atoms with Crippen LogP contribution in [0.1, 0.15) is 11.3 Å². The van der Waals surface area contributed by atoms with Gasteiger partial charge in [-0.15, -0.1) is 0 Å². The van der Waals surface area contributed by atoms with E-state index in [0.29, 0.717) is 5.69 Å². The number of aryl methyl sites for hydroxylation is 1. The molecule has 0 fully saturated rings. The van der Waals surface area contributed by atoms with Crippen LogP contribution in [0.3, 0.4) is 0 Å². The van der Waals surface area contributed by atoms with Gasteiger partial charge in [-0.05, 0) is 18.6 Å². The first-order valence-corrected chi connectivity index (χ1v) is 7.08. The van der Waals surface area contributed by atoms with Gasteiger partial charge in [-0.25, -0.2) is 13.4 Å². The van der Waals surface area contributed by atoms with Crippen molar-refractivity contribution in [2.24, 2.45) is 0 Å². The van der Waals surface area contributed by atoms with Crippen molar-refractivity contribution in [1.82, 2.24) is 9.38 Å². The lowest BCUT2D eigenvalue weighted by molar-refractivity contribution is 0.319. The largest absolute Gasteiger partial charge is 0.395 e. The molecule has 0 radical (unpaired) electrons. The lowest BCUT2D eigenvalue weighted by atomic mass is 10.3. The maximum atomic E-state index is 11.6. The smallest absolute Gasteiger partial charge is 0.158 e. The molecule has 0 aliphatic carbocycles. The van der Waals surface area contributed by atoms with Crippen LogP contribution >= 0.6 is 0 Å². The Kier molecular flexibility index (Phi) is 3.17. The van der Waals surface area contributed by atoms with Crippen molar-refractivity contribution >= 4 is 15.5 Å². The van der Waals surface area contributed by atoms with Gasteiger partial charge in [0.15, 0.2) is 9.84 Å². The van der Waals surface area contributed by atoms with E-state index in [0.717, 1.165) is 11.2 Å². The summed E-state index contributed by atoms with van der Waals surface area (Å²) in [6.45, 7) is 1.57. The van der Waals surface area contributed by atoms with Crippen LogP contribution in [0.15, 0.2) is 24.5 Å². The Bertz CT molecular complexity index is 631. The molecular weight excluding hydrogens is 240 g/mol. The zero-order valence-electron chi connectivity index (χ0n) is 9.50. The number of aliphatic hydroxyl groups excluding tert-OH is 1. The Morgan fingerprint density at radius 3 is 2.88 bits per heavy atom. The van der Waals surface area contributed by atoms with E-state index in [1.165, 1.54) is 0 Å². The van der Waals surface area contributed by atoms with Gasteiger partial charge in [0.05, 0.1) is 23.8 Å². The summed E-state index contributed by atoms with van der Waals surface area (Å²) >= 11 is 0.